The summed E-state index contributed by atoms with van der Waals surface area (Å²) in [6.45, 7) is 6.50. The Hall–Kier alpha value is -1.96. The fourth-order valence-corrected chi connectivity index (χ4v) is 3.14. The highest BCUT2D eigenvalue weighted by atomic mass is 15.1. The molecule has 1 aliphatic heterocycles. The van der Waals surface area contributed by atoms with Gasteiger partial charge in [-0.1, -0.05) is 37.3 Å². The summed E-state index contributed by atoms with van der Waals surface area (Å²) >= 11 is 0. The number of nitrogens with two attached hydrogens (primary N) is 1. The molecule has 0 aromatic heterocycles. The van der Waals surface area contributed by atoms with Crippen molar-refractivity contribution in [3.8, 4) is 0 Å². The molecule has 0 bridgehead atoms. The lowest BCUT2D eigenvalue weighted by Gasteiger charge is -2.35. The van der Waals surface area contributed by atoms with Crippen molar-refractivity contribution in [3.05, 3.63) is 59.2 Å². The van der Waals surface area contributed by atoms with Gasteiger partial charge >= 0.3 is 0 Å². The molecule has 104 valence electrons. The van der Waals surface area contributed by atoms with E-state index in [-0.39, 0.29) is 0 Å². The molecular formula is C18H22N2. The van der Waals surface area contributed by atoms with Crippen molar-refractivity contribution in [1.82, 2.24) is 0 Å². The Morgan fingerprint density at radius 3 is 2.80 bits per heavy atom. The topological polar surface area (TPSA) is 29.3 Å². The standard InChI is InChI=1S/C18H22N2/c1-13-10-15-6-3-4-9-18(15)20(11-13)12-16-7-5-8-17(19)14(16)2/h3-9,13H,10-12,19H2,1-2H3. The molecule has 0 fully saturated rings. The van der Waals surface area contributed by atoms with Gasteiger partial charge in [0, 0.05) is 24.5 Å². The maximum atomic E-state index is 6.03. The lowest BCUT2D eigenvalue weighted by Crippen LogP contribution is -2.34. The van der Waals surface area contributed by atoms with Crippen LogP contribution in [-0.4, -0.2) is 6.54 Å². The van der Waals surface area contributed by atoms with Gasteiger partial charge < -0.3 is 10.6 Å². The Bertz CT molecular complexity index is 619. The van der Waals surface area contributed by atoms with Crippen LogP contribution in [0.5, 0.6) is 0 Å². The zero-order chi connectivity index (χ0) is 14.1. The first-order chi connectivity index (χ1) is 9.65. The Morgan fingerprint density at radius 1 is 1.15 bits per heavy atom. The lowest BCUT2D eigenvalue weighted by molar-refractivity contribution is 0.530. The SMILES string of the molecule is Cc1c(N)cccc1CN1CC(C)Cc2ccccc21. The number of hydrogen-bond donors (Lipinski definition) is 1. The van der Waals surface area contributed by atoms with E-state index in [4.69, 9.17) is 5.73 Å². The van der Waals surface area contributed by atoms with Gasteiger partial charge in [0.25, 0.3) is 0 Å². The van der Waals surface area contributed by atoms with Crippen molar-refractivity contribution in [1.29, 1.82) is 0 Å². The molecule has 0 spiro atoms. The van der Waals surface area contributed by atoms with E-state index in [9.17, 15) is 0 Å². The number of hydrogen-bond acceptors (Lipinski definition) is 2. The van der Waals surface area contributed by atoms with Gasteiger partial charge in [0.05, 0.1) is 0 Å². The highest BCUT2D eigenvalue weighted by Gasteiger charge is 2.21. The summed E-state index contributed by atoms with van der Waals surface area (Å²) in [6, 6.07) is 15.0. The number of nitrogens with zero attached hydrogens (tertiary/aromatic N) is 1. The Balaban J connectivity index is 1.93. The minimum atomic E-state index is 0.700. The Kier molecular flexibility index (Phi) is 3.39. The van der Waals surface area contributed by atoms with Gasteiger partial charge in [-0.3, -0.25) is 0 Å². The van der Waals surface area contributed by atoms with Crippen molar-refractivity contribution in [2.45, 2.75) is 26.8 Å². The van der Waals surface area contributed by atoms with Gasteiger partial charge in [-0.05, 0) is 48.1 Å². The van der Waals surface area contributed by atoms with Crippen molar-refractivity contribution >= 4 is 11.4 Å². The van der Waals surface area contributed by atoms with Crippen LogP contribution < -0.4 is 10.6 Å². The van der Waals surface area contributed by atoms with Gasteiger partial charge in [0.15, 0.2) is 0 Å². The molecule has 2 nitrogen and oxygen atoms in total. The van der Waals surface area contributed by atoms with Crippen LogP contribution in [0.15, 0.2) is 42.5 Å². The number of fused-ring (bicyclic) bond motifs is 1. The van der Waals surface area contributed by atoms with Gasteiger partial charge in [0.2, 0.25) is 0 Å². The largest absolute Gasteiger partial charge is 0.399 e. The Morgan fingerprint density at radius 2 is 1.95 bits per heavy atom. The van der Waals surface area contributed by atoms with Gasteiger partial charge in [-0.25, -0.2) is 0 Å². The highest BCUT2D eigenvalue weighted by Crippen LogP contribution is 2.31. The quantitative estimate of drug-likeness (QED) is 0.838. The zero-order valence-electron chi connectivity index (χ0n) is 12.3. The van der Waals surface area contributed by atoms with Gasteiger partial charge in [-0.2, -0.15) is 0 Å². The summed E-state index contributed by atoms with van der Waals surface area (Å²) in [6.07, 6.45) is 1.18. The molecular weight excluding hydrogens is 244 g/mol. The molecule has 1 atom stereocenters. The van der Waals surface area contributed by atoms with E-state index < -0.39 is 0 Å². The molecule has 0 aliphatic carbocycles. The first kappa shape index (κ1) is 13.0. The second kappa shape index (κ2) is 5.20. The van der Waals surface area contributed by atoms with Crippen LogP contribution in [0.3, 0.4) is 0 Å². The molecule has 0 saturated carbocycles. The molecule has 1 heterocycles. The molecule has 1 unspecified atom stereocenters. The van der Waals surface area contributed by atoms with Crippen molar-refractivity contribution in [3.63, 3.8) is 0 Å². The smallest absolute Gasteiger partial charge is 0.0433 e. The molecule has 0 amide bonds. The fraction of sp³-hybridized carbons (Fsp3) is 0.333. The van der Waals surface area contributed by atoms with E-state index in [0.29, 0.717) is 5.92 Å². The number of rotatable bonds is 2. The van der Waals surface area contributed by atoms with Gasteiger partial charge in [-0.15, -0.1) is 0 Å². The summed E-state index contributed by atoms with van der Waals surface area (Å²) in [5, 5.41) is 0. The molecule has 2 N–H and O–H groups in total. The van der Waals surface area contributed by atoms with Crippen LogP contribution in [0.2, 0.25) is 0 Å². The third-order valence-electron chi connectivity index (χ3n) is 4.28. The number of anilines is 2. The zero-order valence-corrected chi connectivity index (χ0v) is 12.3. The van der Waals surface area contributed by atoms with Crippen molar-refractivity contribution in [2.24, 2.45) is 5.92 Å². The number of benzene rings is 2. The summed E-state index contributed by atoms with van der Waals surface area (Å²) in [5.41, 5.74) is 12.3. The highest BCUT2D eigenvalue weighted by molar-refractivity contribution is 5.57. The molecule has 2 aromatic carbocycles. The maximum absolute atomic E-state index is 6.03. The van der Waals surface area contributed by atoms with Crippen LogP contribution >= 0.6 is 0 Å². The second-order valence-electron chi connectivity index (χ2n) is 5.95. The molecule has 0 saturated heterocycles. The Labute approximate surface area is 121 Å². The van der Waals surface area contributed by atoms with Crippen molar-refractivity contribution in [2.75, 3.05) is 17.2 Å². The monoisotopic (exact) mass is 266 g/mol. The van der Waals surface area contributed by atoms with E-state index >= 15 is 0 Å². The minimum absolute atomic E-state index is 0.700. The molecule has 2 aromatic rings. The van der Waals surface area contributed by atoms with Crippen molar-refractivity contribution < 1.29 is 0 Å². The van der Waals surface area contributed by atoms with Crippen LogP contribution in [-0.2, 0) is 13.0 Å². The maximum Gasteiger partial charge on any atom is 0.0433 e. The van der Waals surface area contributed by atoms with Crippen LogP contribution in [0, 0.1) is 12.8 Å². The van der Waals surface area contributed by atoms with Gasteiger partial charge in [0.1, 0.15) is 0 Å². The molecule has 1 aliphatic rings. The summed E-state index contributed by atoms with van der Waals surface area (Å²) < 4.78 is 0. The van der Waals surface area contributed by atoms with Crippen LogP contribution in [0.25, 0.3) is 0 Å². The summed E-state index contributed by atoms with van der Waals surface area (Å²) in [4.78, 5) is 2.49. The minimum Gasteiger partial charge on any atom is -0.399 e. The number of nitrogen functional groups attached to an aromatic ring is 1. The molecule has 3 rings (SSSR count). The third kappa shape index (κ3) is 2.38. The first-order valence-corrected chi connectivity index (χ1v) is 7.32. The predicted octanol–water partition coefficient (Wildman–Crippen LogP) is 3.78. The average molecular weight is 266 g/mol. The first-order valence-electron chi connectivity index (χ1n) is 7.32. The van der Waals surface area contributed by atoms with E-state index in [1.54, 1.807) is 0 Å². The molecule has 2 heteroatoms. The molecule has 20 heavy (non-hydrogen) atoms. The average Bonchev–Trinajstić information content (AvgIpc) is 2.43. The van der Waals surface area contributed by atoms with E-state index in [0.717, 1.165) is 18.8 Å². The van der Waals surface area contributed by atoms with E-state index in [1.807, 2.05) is 6.07 Å². The lowest BCUT2D eigenvalue weighted by atomic mass is 9.93. The second-order valence-corrected chi connectivity index (χ2v) is 5.95. The summed E-state index contributed by atoms with van der Waals surface area (Å²) in [5.74, 6) is 0.700. The van der Waals surface area contributed by atoms with E-state index in [1.165, 1.54) is 28.8 Å². The third-order valence-corrected chi connectivity index (χ3v) is 4.28. The van der Waals surface area contributed by atoms with Crippen LogP contribution in [0.1, 0.15) is 23.6 Å². The summed E-state index contributed by atoms with van der Waals surface area (Å²) in [7, 11) is 0. The molecule has 0 radical (unpaired) electrons. The fourth-order valence-electron chi connectivity index (χ4n) is 3.14. The number of para-hydroxylation sites is 1. The predicted molar refractivity (Wildman–Crippen MR) is 86.0 cm³/mol. The van der Waals surface area contributed by atoms with E-state index in [2.05, 4.69) is 55.1 Å². The normalized spacial score (nSPS) is 17.9. The van der Waals surface area contributed by atoms with Crippen LogP contribution in [0.4, 0.5) is 11.4 Å².